The molecular formula is C25H25F3. The topological polar surface area (TPSA) is 0 Å². The molecule has 0 saturated heterocycles. The lowest BCUT2D eigenvalue weighted by Gasteiger charge is -2.30. The van der Waals surface area contributed by atoms with Crippen molar-refractivity contribution in [1.82, 2.24) is 0 Å². The van der Waals surface area contributed by atoms with E-state index in [1.54, 1.807) is 30.4 Å². The first-order valence-corrected chi connectivity index (χ1v) is 9.80. The van der Waals surface area contributed by atoms with Crippen LogP contribution in [0.3, 0.4) is 0 Å². The Morgan fingerprint density at radius 2 is 1.71 bits per heavy atom. The van der Waals surface area contributed by atoms with E-state index >= 15 is 4.39 Å². The van der Waals surface area contributed by atoms with Gasteiger partial charge in [-0.1, -0.05) is 74.1 Å². The van der Waals surface area contributed by atoms with E-state index in [9.17, 15) is 8.78 Å². The van der Waals surface area contributed by atoms with Gasteiger partial charge in [-0.15, -0.1) is 0 Å². The molecule has 0 heterocycles. The van der Waals surface area contributed by atoms with Gasteiger partial charge >= 0.3 is 0 Å². The van der Waals surface area contributed by atoms with E-state index in [0.717, 1.165) is 43.4 Å². The fourth-order valence-corrected chi connectivity index (χ4v) is 3.49. The Hall–Kier alpha value is -2.55. The Morgan fingerprint density at radius 3 is 2.43 bits per heavy atom. The van der Waals surface area contributed by atoms with Crippen LogP contribution >= 0.6 is 0 Å². The largest absolute Gasteiger partial charge is 0.233 e. The molecule has 2 aromatic carbocycles. The molecule has 0 spiro atoms. The summed E-state index contributed by atoms with van der Waals surface area (Å²) in [6.45, 7) is 2.15. The predicted octanol–water partition coefficient (Wildman–Crippen LogP) is 7.46. The van der Waals surface area contributed by atoms with Gasteiger partial charge < -0.3 is 0 Å². The number of halogens is 3. The average Bonchev–Trinajstić information content (AvgIpc) is 2.71. The molecule has 146 valence electrons. The van der Waals surface area contributed by atoms with Gasteiger partial charge in [-0.25, -0.2) is 13.2 Å². The third-order valence-electron chi connectivity index (χ3n) is 5.09. The van der Waals surface area contributed by atoms with Crippen LogP contribution in [0.15, 0.2) is 72.8 Å². The predicted molar refractivity (Wildman–Crippen MR) is 110 cm³/mol. The highest BCUT2D eigenvalue weighted by Crippen LogP contribution is 2.45. The number of alkyl halides is 1. The normalized spacial score (nSPS) is 19.2. The zero-order valence-corrected chi connectivity index (χ0v) is 16.1. The lowest BCUT2D eigenvalue weighted by molar-refractivity contribution is 0.249. The Bertz CT molecular complexity index is 891. The first kappa shape index (κ1) is 20.2. The molecule has 2 aromatic rings. The van der Waals surface area contributed by atoms with Gasteiger partial charge in [-0.05, 0) is 48.1 Å². The second-order valence-corrected chi connectivity index (χ2v) is 7.14. The summed E-state index contributed by atoms with van der Waals surface area (Å²) in [5.41, 5.74) is 0.620. The molecule has 0 saturated carbocycles. The van der Waals surface area contributed by atoms with Gasteiger partial charge in [0.05, 0.1) is 0 Å². The van der Waals surface area contributed by atoms with Gasteiger partial charge in [0.1, 0.15) is 0 Å². The van der Waals surface area contributed by atoms with Crippen LogP contribution in [0.1, 0.15) is 49.3 Å². The summed E-state index contributed by atoms with van der Waals surface area (Å²) >= 11 is 0. The van der Waals surface area contributed by atoms with Crippen molar-refractivity contribution in [1.29, 1.82) is 0 Å². The molecule has 0 radical (unpaired) electrons. The quantitative estimate of drug-likeness (QED) is 0.436. The third kappa shape index (κ3) is 4.46. The van der Waals surface area contributed by atoms with Crippen LogP contribution in [-0.2, 0) is 12.1 Å². The molecule has 1 aliphatic rings. The van der Waals surface area contributed by atoms with Crippen molar-refractivity contribution in [2.75, 3.05) is 0 Å². The summed E-state index contributed by atoms with van der Waals surface area (Å²) in [5.74, 6) is -1.90. The minimum absolute atomic E-state index is 0.164. The Kier molecular flexibility index (Phi) is 6.56. The summed E-state index contributed by atoms with van der Waals surface area (Å²) in [6, 6.07) is 11.0. The molecule has 3 heteroatoms. The summed E-state index contributed by atoms with van der Waals surface area (Å²) in [7, 11) is 0. The Balaban J connectivity index is 1.81. The van der Waals surface area contributed by atoms with E-state index in [1.807, 2.05) is 12.1 Å². The second-order valence-electron chi connectivity index (χ2n) is 7.14. The van der Waals surface area contributed by atoms with E-state index in [4.69, 9.17) is 0 Å². The summed E-state index contributed by atoms with van der Waals surface area (Å²) in [4.78, 5) is 0. The lowest BCUT2D eigenvalue weighted by Crippen LogP contribution is -2.23. The molecule has 0 aliphatic heterocycles. The van der Waals surface area contributed by atoms with Crippen LogP contribution < -0.4 is 0 Å². The maximum Gasteiger partial charge on any atom is 0.165 e. The van der Waals surface area contributed by atoms with Gasteiger partial charge in [0, 0.05) is 12.0 Å². The van der Waals surface area contributed by atoms with Crippen molar-refractivity contribution >= 4 is 5.57 Å². The molecule has 0 nitrogen and oxygen atoms in total. The fourth-order valence-electron chi connectivity index (χ4n) is 3.49. The molecule has 1 unspecified atom stereocenters. The molecular weight excluding hydrogens is 357 g/mol. The van der Waals surface area contributed by atoms with Crippen LogP contribution in [0.5, 0.6) is 0 Å². The molecule has 1 aliphatic carbocycles. The van der Waals surface area contributed by atoms with Gasteiger partial charge in [0.25, 0.3) is 0 Å². The monoisotopic (exact) mass is 382 g/mol. The van der Waals surface area contributed by atoms with Gasteiger partial charge in [0.15, 0.2) is 17.3 Å². The highest BCUT2D eigenvalue weighted by molar-refractivity contribution is 5.76. The number of rotatable bonds is 7. The smallest absolute Gasteiger partial charge is 0.165 e. The number of hydrogen-bond acceptors (Lipinski definition) is 0. The van der Waals surface area contributed by atoms with Crippen molar-refractivity contribution in [2.24, 2.45) is 0 Å². The first-order chi connectivity index (χ1) is 13.5. The molecule has 1 atom stereocenters. The maximum absolute atomic E-state index is 16.1. The summed E-state index contributed by atoms with van der Waals surface area (Å²) in [6.07, 6.45) is 13.8. The molecule has 0 N–H and O–H groups in total. The van der Waals surface area contributed by atoms with E-state index < -0.39 is 17.3 Å². The van der Waals surface area contributed by atoms with E-state index in [2.05, 4.69) is 19.1 Å². The Morgan fingerprint density at radius 1 is 0.964 bits per heavy atom. The second kappa shape index (κ2) is 9.09. The summed E-state index contributed by atoms with van der Waals surface area (Å²) < 4.78 is 43.0. The summed E-state index contributed by atoms with van der Waals surface area (Å²) in [5, 5.41) is 0. The Labute approximate surface area is 165 Å². The SMILES string of the molecule is CCCC=CCCc1ccc(C2(F)CC=CC=C2c2ccc(F)c(F)c2)cc1. The number of allylic oxidation sites excluding steroid dienone is 6. The van der Waals surface area contributed by atoms with Crippen molar-refractivity contribution in [2.45, 2.75) is 44.7 Å². The highest BCUT2D eigenvalue weighted by atomic mass is 19.2. The third-order valence-corrected chi connectivity index (χ3v) is 5.09. The fraction of sp³-hybridized carbons (Fsp3) is 0.280. The van der Waals surface area contributed by atoms with E-state index in [0.29, 0.717) is 16.7 Å². The number of benzene rings is 2. The molecule has 0 fully saturated rings. The van der Waals surface area contributed by atoms with Crippen LogP contribution in [0.4, 0.5) is 13.2 Å². The van der Waals surface area contributed by atoms with E-state index in [1.165, 1.54) is 6.07 Å². The van der Waals surface area contributed by atoms with Crippen molar-refractivity contribution < 1.29 is 13.2 Å². The number of hydrogen-bond donors (Lipinski definition) is 0. The van der Waals surface area contributed by atoms with Crippen molar-refractivity contribution in [3.63, 3.8) is 0 Å². The minimum Gasteiger partial charge on any atom is -0.233 e. The molecule has 0 aromatic heterocycles. The zero-order valence-electron chi connectivity index (χ0n) is 16.1. The minimum atomic E-state index is -1.77. The molecule has 0 amide bonds. The highest BCUT2D eigenvalue weighted by Gasteiger charge is 2.37. The number of unbranched alkanes of at least 4 members (excludes halogenated alkanes) is 1. The molecule has 3 rings (SSSR count). The zero-order chi connectivity index (χ0) is 20.0. The van der Waals surface area contributed by atoms with Crippen molar-refractivity contribution in [3.8, 4) is 0 Å². The molecule has 0 bridgehead atoms. The van der Waals surface area contributed by atoms with Gasteiger partial charge in [-0.3, -0.25) is 0 Å². The first-order valence-electron chi connectivity index (χ1n) is 9.80. The van der Waals surface area contributed by atoms with Gasteiger partial charge in [0.2, 0.25) is 0 Å². The van der Waals surface area contributed by atoms with Crippen molar-refractivity contribution in [3.05, 3.63) is 101 Å². The van der Waals surface area contributed by atoms with Crippen LogP contribution in [0.2, 0.25) is 0 Å². The van der Waals surface area contributed by atoms with E-state index in [-0.39, 0.29) is 6.42 Å². The standard InChI is InChI=1S/C25H25F3/c1-2-3-4-5-6-9-19-11-14-21(15-12-19)25(28)17-8-7-10-22(25)20-13-16-23(26)24(27)18-20/h4-5,7-8,10-16,18H,2-3,6,9,17H2,1H3. The maximum atomic E-state index is 16.1. The van der Waals surface area contributed by atoms with Crippen LogP contribution in [0, 0.1) is 11.6 Å². The number of aryl methyl sites for hydroxylation is 1. The van der Waals surface area contributed by atoms with Gasteiger partial charge in [-0.2, -0.15) is 0 Å². The van der Waals surface area contributed by atoms with Crippen LogP contribution in [0.25, 0.3) is 5.57 Å². The molecule has 28 heavy (non-hydrogen) atoms. The van der Waals surface area contributed by atoms with Crippen LogP contribution in [-0.4, -0.2) is 0 Å². The average molecular weight is 382 g/mol. The lowest BCUT2D eigenvalue weighted by atomic mass is 9.79.